The molecule has 0 nitrogen and oxygen atoms in total. The third-order valence-electron chi connectivity index (χ3n) is 6.12. The van der Waals surface area contributed by atoms with Gasteiger partial charge in [0, 0.05) is 0 Å². The average molecular weight is 518 g/mol. The van der Waals surface area contributed by atoms with E-state index in [-0.39, 0.29) is 0 Å². The first-order valence-corrected chi connectivity index (χ1v) is 19.1. The lowest BCUT2D eigenvalue weighted by atomic mass is 10.0. The molecule has 0 aliphatic carbocycles. The molecular weight excluding hydrogens is 467 g/mol. The summed E-state index contributed by atoms with van der Waals surface area (Å²) in [5.41, 5.74) is 0. The fraction of sp³-hybridized carbons (Fsp3) is 1.00. The lowest BCUT2D eigenvalue weighted by molar-refractivity contribution is 0.519. The Kier molecular flexibility index (Phi) is 26.3. The number of hydrogen-bond acceptors (Lipinski definition) is 1. The lowest BCUT2D eigenvalue weighted by Crippen LogP contribution is -2.07. The monoisotopic (exact) mass is 516 g/mol. The van der Waals surface area contributed by atoms with Crippen LogP contribution in [0.3, 0.4) is 0 Å². The summed E-state index contributed by atoms with van der Waals surface area (Å²) in [6.07, 6.45) is 32.2. The molecule has 0 aliphatic rings. The summed E-state index contributed by atoms with van der Waals surface area (Å²) >= 11 is 22.0. The summed E-state index contributed by atoms with van der Waals surface area (Å²) in [7, 11) is 0. The molecule has 0 atom stereocenters. The van der Waals surface area contributed by atoms with Gasteiger partial charge in [-0.05, 0) is 18.2 Å². The van der Waals surface area contributed by atoms with Crippen molar-refractivity contribution in [3.63, 3.8) is 0 Å². The molecule has 30 heavy (non-hydrogen) atoms. The zero-order valence-corrected chi connectivity index (χ0v) is 23.9. The highest BCUT2D eigenvalue weighted by Gasteiger charge is 2.23. The molecular formula is C25H51Cl3SSi. The second-order valence-corrected chi connectivity index (χ2v) is 18.9. The molecule has 182 valence electrons. The van der Waals surface area contributed by atoms with Crippen LogP contribution in [0.15, 0.2) is 0 Å². The molecule has 0 unspecified atom stereocenters. The number of hydrogen-bond donors (Lipinski definition) is 1. The Morgan fingerprint density at radius 3 is 0.733 bits per heavy atom. The molecule has 0 fully saturated rings. The van der Waals surface area contributed by atoms with Crippen molar-refractivity contribution in [2.24, 2.45) is 0 Å². The highest BCUT2D eigenvalue weighted by atomic mass is 35.8. The van der Waals surface area contributed by atoms with E-state index in [1.54, 1.807) is 0 Å². The second kappa shape index (κ2) is 25.1. The second-order valence-electron chi connectivity index (χ2n) is 9.22. The zero-order chi connectivity index (χ0) is 22.2. The van der Waals surface area contributed by atoms with Crippen LogP contribution in [0, 0.1) is 0 Å². The Bertz CT molecular complexity index is 324. The van der Waals surface area contributed by atoms with Gasteiger partial charge in [0.2, 0.25) is 0 Å². The van der Waals surface area contributed by atoms with Gasteiger partial charge in [-0.15, -0.1) is 33.2 Å². The van der Waals surface area contributed by atoms with Crippen molar-refractivity contribution in [1.82, 2.24) is 0 Å². The van der Waals surface area contributed by atoms with E-state index in [0.717, 1.165) is 18.2 Å². The van der Waals surface area contributed by atoms with Crippen molar-refractivity contribution < 1.29 is 0 Å². The van der Waals surface area contributed by atoms with E-state index in [9.17, 15) is 0 Å². The van der Waals surface area contributed by atoms with Crippen LogP contribution in [0.4, 0.5) is 0 Å². The summed E-state index contributed by atoms with van der Waals surface area (Å²) in [5, 5.41) is 0. The Morgan fingerprint density at radius 1 is 0.333 bits per heavy atom. The number of halogens is 3. The first-order chi connectivity index (χ1) is 14.6. The SMILES string of the molecule is SCCCCCCCCCCCCCCCCCCCCCCCCC[Si](Cl)(Cl)Cl. The van der Waals surface area contributed by atoms with Gasteiger partial charge in [-0.2, -0.15) is 12.6 Å². The van der Waals surface area contributed by atoms with Gasteiger partial charge in [0.05, 0.1) is 0 Å². The van der Waals surface area contributed by atoms with Crippen LogP contribution in [-0.2, 0) is 0 Å². The van der Waals surface area contributed by atoms with Crippen molar-refractivity contribution in [1.29, 1.82) is 0 Å². The molecule has 0 N–H and O–H groups in total. The highest BCUT2D eigenvalue weighted by molar-refractivity contribution is 7.80. The lowest BCUT2D eigenvalue weighted by Gasteiger charge is -2.07. The molecule has 0 saturated carbocycles. The zero-order valence-electron chi connectivity index (χ0n) is 19.8. The van der Waals surface area contributed by atoms with E-state index in [2.05, 4.69) is 12.6 Å². The van der Waals surface area contributed by atoms with E-state index < -0.39 is 6.00 Å². The first-order valence-electron chi connectivity index (χ1n) is 13.2. The topological polar surface area (TPSA) is 0 Å². The molecule has 0 aromatic rings. The van der Waals surface area contributed by atoms with Crippen LogP contribution in [-0.4, -0.2) is 11.8 Å². The maximum absolute atomic E-state index is 5.90. The summed E-state index contributed by atoms with van der Waals surface area (Å²) in [6.45, 7) is 0. The van der Waals surface area contributed by atoms with Gasteiger partial charge in [0.15, 0.2) is 0 Å². The summed E-state index contributed by atoms with van der Waals surface area (Å²) in [5.74, 6) is 1.06. The molecule has 0 aromatic carbocycles. The van der Waals surface area contributed by atoms with E-state index in [1.807, 2.05) is 0 Å². The minimum absolute atomic E-state index is 0.828. The predicted molar refractivity (Wildman–Crippen MR) is 148 cm³/mol. The Balaban J connectivity index is 3.02. The molecule has 0 heterocycles. The molecule has 0 aliphatic heterocycles. The molecule has 0 saturated heterocycles. The molecule has 0 amide bonds. The van der Waals surface area contributed by atoms with E-state index in [4.69, 9.17) is 33.2 Å². The maximum Gasteiger partial charge on any atom is 0.341 e. The first kappa shape index (κ1) is 31.4. The summed E-state index contributed by atoms with van der Waals surface area (Å²) < 4.78 is 0. The van der Waals surface area contributed by atoms with Crippen molar-refractivity contribution >= 4 is 51.9 Å². The van der Waals surface area contributed by atoms with Gasteiger partial charge in [-0.3, -0.25) is 0 Å². The minimum atomic E-state index is -2.36. The fourth-order valence-corrected chi connectivity index (χ4v) is 6.23. The van der Waals surface area contributed by atoms with Crippen molar-refractivity contribution in [2.45, 2.75) is 154 Å². The molecule has 0 radical (unpaired) electrons. The molecule has 0 bridgehead atoms. The quantitative estimate of drug-likeness (QED) is 0.0529. The van der Waals surface area contributed by atoms with Gasteiger partial charge < -0.3 is 0 Å². The van der Waals surface area contributed by atoms with Crippen molar-refractivity contribution in [3.05, 3.63) is 0 Å². The van der Waals surface area contributed by atoms with E-state index in [0.29, 0.717) is 0 Å². The van der Waals surface area contributed by atoms with E-state index in [1.165, 1.54) is 141 Å². The normalized spacial score (nSPS) is 12.0. The van der Waals surface area contributed by atoms with Crippen LogP contribution in [0.25, 0.3) is 0 Å². The standard InChI is InChI=1S/C25H51Cl3SSi/c26-30(27,28)25-23-21-19-17-15-13-11-9-7-5-3-1-2-4-6-8-10-12-14-16-18-20-22-24-29/h29H,1-25H2. The number of rotatable bonds is 25. The highest BCUT2D eigenvalue weighted by Crippen LogP contribution is 2.27. The predicted octanol–water partition coefficient (Wildman–Crippen LogP) is 11.5. The van der Waals surface area contributed by atoms with E-state index >= 15 is 0 Å². The van der Waals surface area contributed by atoms with Gasteiger partial charge >= 0.3 is 6.00 Å². The molecule has 0 spiro atoms. The van der Waals surface area contributed by atoms with Crippen LogP contribution >= 0.6 is 45.9 Å². The average Bonchev–Trinajstić information content (AvgIpc) is 2.70. The smallest absolute Gasteiger partial charge is 0.179 e. The fourth-order valence-electron chi connectivity index (χ4n) is 4.15. The van der Waals surface area contributed by atoms with Crippen LogP contribution in [0.1, 0.15) is 148 Å². The largest absolute Gasteiger partial charge is 0.341 e. The Hall–Kier alpha value is 1.44. The minimum Gasteiger partial charge on any atom is -0.179 e. The molecule has 0 rings (SSSR count). The van der Waals surface area contributed by atoms with Crippen molar-refractivity contribution in [3.8, 4) is 0 Å². The van der Waals surface area contributed by atoms with Crippen LogP contribution < -0.4 is 0 Å². The third-order valence-corrected chi connectivity index (χ3v) is 9.06. The van der Waals surface area contributed by atoms with Crippen LogP contribution in [0.5, 0.6) is 0 Å². The molecule has 0 aromatic heterocycles. The summed E-state index contributed by atoms with van der Waals surface area (Å²) in [4.78, 5) is 0. The van der Waals surface area contributed by atoms with Gasteiger partial charge in [0.25, 0.3) is 0 Å². The molecule has 5 heteroatoms. The maximum atomic E-state index is 5.90. The van der Waals surface area contributed by atoms with Gasteiger partial charge in [-0.1, -0.05) is 141 Å². The Labute approximate surface area is 210 Å². The third kappa shape index (κ3) is 29.4. The summed E-state index contributed by atoms with van der Waals surface area (Å²) in [6, 6.07) is -1.53. The van der Waals surface area contributed by atoms with Gasteiger partial charge in [0.1, 0.15) is 0 Å². The number of thiol groups is 1. The van der Waals surface area contributed by atoms with Gasteiger partial charge in [-0.25, -0.2) is 0 Å². The number of unbranched alkanes of at least 4 members (excludes halogenated alkanes) is 22. The Morgan fingerprint density at radius 2 is 0.533 bits per heavy atom. The van der Waals surface area contributed by atoms with Crippen LogP contribution in [0.2, 0.25) is 6.04 Å². The van der Waals surface area contributed by atoms with Crippen molar-refractivity contribution in [2.75, 3.05) is 5.75 Å².